The number of rotatable bonds is 4. The Hall–Kier alpha value is -2.11. The second-order valence-electron chi connectivity index (χ2n) is 6.38. The summed E-state index contributed by atoms with van der Waals surface area (Å²) < 4.78 is 11.4. The molecule has 3 atom stereocenters. The van der Waals surface area contributed by atoms with E-state index in [1.54, 1.807) is 12.1 Å². The van der Waals surface area contributed by atoms with Crippen LogP contribution in [-0.4, -0.2) is 41.1 Å². The molecule has 0 N–H and O–H groups in total. The first-order valence-corrected chi connectivity index (χ1v) is 9.19. The van der Waals surface area contributed by atoms with E-state index in [2.05, 4.69) is 4.98 Å². The van der Waals surface area contributed by atoms with Crippen molar-refractivity contribution in [3.05, 3.63) is 58.7 Å². The number of carbonyl (C=O) groups is 1. The maximum absolute atomic E-state index is 13.2. The van der Waals surface area contributed by atoms with E-state index in [0.717, 1.165) is 5.56 Å². The van der Waals surface area contributed by atoms with Crippen LogP contribution in [0.3, 0.4) is 0 Å². The molecule has 1 fully saturated rings. The molecule has 0 bridgehead atoms. The van der Waals surface area contributed by atoms with Crippen LogP contribution in [0.2, 0.25) is 5.02 Å². The number of nitrogens with zero attached hydrogens (tertiary/aromatic N) is 2. The maximum atomic E-state index is 13.2. The molecule has 1 saturated heterocycles. The van der Waals surface area contributed by atoms with Gasteiger partial charge in [-0.3, -0.25) is 4.79 Å². The zero-order valence-electron chi connectivity index (χ0n) is 15.2. The van der Waals surface area contributed by atoms with Crippen LogP contribution in [0, 0.1) is 0 Å². The van der Waals surface area contributed by atoms with Crippen LogP contribution < -0.4 is 4.74 Å². The molecule has 26 heavy (non-hydrogen) atoms. The topological polar surface area (TPSA) is 51.7 Å². The number of aromatic nitrogens is 1. The van der Waals surface area contributed by atoms with Crippen LogP contribution in [0.1, 0.15) is 42.9 Å². The molecule has 5 nitrogen and oxygen atoms in total. The van der Waals surface area contributed by atoms with Gasteiger partial charge in [-0.05, 0) is 32.4 Å². The number of benzene rings is 1. The highest BCUT2D eigenvalue weighted by molar-refractivity contribution is 6.33. The van der Waals surface area contributed by atoms with Crippen molar-refractivity contribution in [3.63, 3.8) is 0 Å². The molecule has 2 aromatic rings. The first-order valence-electron chi connectivity index (χ1n) is 8.81. The van der Waals surface area contributed by atoms with Crippen molar-refractivity contribution in [2.75, 3.05) is 13.2 Å². The Morgan fingerprint density at radius 2 is 2.00 bits per heavy atom. The number of amides is 1. The summed E-state index contributed by atoms with van der Waals surface area (Å²) in [5, 5.41) is 0.320. The third kappa shape index (κ3) is 3.69. The van der Waals surface area contributed by atoms with Crippen LogP contribution in [0.15, 0.2) is 42.5 Å². The summed E-state index contributed by atoms with van der Waals surface area (Å²) in [6.45, 7) is 6.76. The van der Waals surface area contributed by atoms with Gasteiger partial charge in [-0.1, -0.05) is 41.9 Å². The number of morpholine rings is 1. The van der Waals surface area contributed by atoms with Gasteiger partial charge in [0, 0.05) is 6.07 Å². The molecule has 0 aliphatic carbocycles. The number of carbonyl (C=O) groups excluding carboxylic acids is 1. The second-order valence-corrected chi connectivity index (χ2v) is 6.79. The van der Waals surface area contributed by atoms with Crippen molar-refractivity contribution in [1.82, 2.24) is 9.88 Å². The fourth-order valence-corrected chi connectivity index (χ4v) is 3.52. The molecular weight excluding hydrogens is 352 g/mol. The van der Waals surface area contributed by atoms with E-state index in [9.17, 15) is 4.79 Å². The van der Waals surface area contributed by atoms with Crippen molar-refractivity contribution >= 4 is 17.5 Å². The highest BCUT2D eigenvalue weighted by atomic mass is 35.5. The van der Waals surface area contributed by atoms with Crippen molar-refractivity contribution in [2.45, 2.75) is 39.0 Å². The van der Waals surface area contributed by atoms with E-state index < -0.39 is 0 Å². The molecule has 1 aromatic heterocycles. The quantitative estimate of drug-likeness (QED) is 0.807. The van der Waals surface area contributed by atoms with Crippen molar-refractivity contribution < 1.29 is 14.3 Å². The average molecular weight is 375 g/mol. The van der Waals surface area contributed by atoms with Gasteiger partial charge in [0.05, 0.1) is 30.3 Å². The van der Waals surface area contributed by atoms with E-state index in [4.69, 9.17) is 21.1 Å². The van der Waals surface area contributed by atoms with E-state index >= 15 is 0 Å². The normalized spacial score (nSPS) is 22.9. The largest absolute Gasteiger partial charge is 0.478 e. The van der Waals surface area contributed by atoms with Gasteiger partial charge >= 0.3 is 0 Å². The molecule has 1 aliphatic heterocycles. The monoisotopic (exact) mass is 374 g/mol. The first-order chi connectivity index (χ1) is 12.5. The molecule has 3 unspecified atom stereocenters. The van der Waals surface area contributed by atoms with Crippen LogP contribution in [0.4, 0.5) is 0 Å². The Morgan fingerprint density at radius 3 is 2.69 bits per heavy atom. The van der Waals surface area contributed by atoms with Gasteiger partial charge in [-0.2, -0.15) is 0 Å². The van der Waals surface area contributed by atoms with E-state index in [1.807, 2.05) is 56.0 Å². The van der Waals surface area contributed by atoms with Crippen molar-refractivity contribution in [2.24, 2.45) is 0 Å². The van der Waals surface area contributed by atoms with Crippen molar-refractivity contribution in [3.8, 4) is 5.88 Å². The lowest BCUT2D eigenvalue weighted by Crippen LogP contribution is -2.53. The fraction of sp³-hybridized carbons (Fsp3) is 0.400. The lowest BCUT2D eigenvalue weighted by Gasteiger charge is -2.43. The number of pyridine rings is 1. The average Bonchev–Trinajstić information content (AvgIpc) is 2.64. The van der Waals surface area contributed by atoms with Gasteiger partial charge < -0.3 is 14.4 Å². The predicted molar refractivity (Wildman–Crippen MR) is 101 cm³/mol. The molecule has 1 aromatic carbocycles. The SMILES string of the molecule is CCOc1ccc(Cl)c(C(=O)N2C(C)COC(c3ccccc3)C2C)n1. The lowest BCUT2D eigenvalue weighted by atomic mass is 9.98. The summed E-state index contributed by atoms with van der Waals surface area (Å²) in [5.74, 6) is 0.189. The summed E-state index contributed by atoms with van der Waals surface area (Å²) in [6.07, 6.45) is -0.190. The molecular formula is C20H23ClN2O3. The van der Waals surface area contributed by atoms with Crippen LogP contribution in [-0.2, 0) is 4.74 Å². The van der Waals surface area contributed by atoms with E-state index in [-0.39, 0.29) is 29.8 Å². The first kappa shape index (κ1) is 18.7. The fourth-order valence-electron chi connectivity index (χ4n) is 3.34. The minimum absolute atomic E-state index is 0.0777. The molecule has 1 aliphatic rings. The number of hydrogen-bond acceptors (Lipinski definition) is 4. The minimum atomic E-state index is -0.208. The molecule has 2 heterocycles. The molecule has 1 amide bonds. The molecule has 0 spiro atoms. The highest BCUT2D eigenvalue weighted by Gasteiger charge is 2.38. The third-order valence-corrected chi connectivity index (χ3v) is 4.85. The van der Waals surface area contributed by atoms with E-state index in [1.165, 1.54) is 0 Å². The summed E-state index contributed by atoms with van der Waals surface area (Å²) in [4.78, 5) is 19.4. The Balaban J connectivity index is 1.91. The van der Waals surface area contributed by atoms with Crippen molar-refractivity contribution in [1.29, 1.82) is 0 Å². The van der Waals surface area contributed by atoms with Crippen LogP contribution in [0.5, 0.6) is 5.88 Å². The summed E-state index contributed by atoms with van der Waals surface area (Å²) in [5.41, 5.74) is 1.26. The Bertz CT molecular complexity index is 769. The highest BCUT2D eigenvalue weighted by Crippen LogP contribution is 2.32. The lowest BCUT2D eigenvalue weighted by molar-refractivity contribution is -0.0808. The summed E-state index contributed by atoms with van der Waals surface area (Å²) in [7, 11) is 0. The standard InChI is InChI=1S/C20H23ClN2O3/c1-4-25-17-11-10-16(21)18(22-17)20(24)23-13(2)12-26-19(14(23)3)15-8-6-5-7-9-15/h5-11,13-14,19H,4,12H2,1-3H3. The number of hydrogen-bond donors (Lipinski definition) is 0. The Kier molecular flexibility index (Phi) is 5.79. The molecule has 0 saturated carbocycles. The minimum Gasteiger partial charge on any atom is -0.478 e. The molecule has 3 rings (SSSR count). The zero-order valence-corrected chi connectivity index (χ0v) is 15.9. The number of halogens is 1. The smallest absolute Gasteiger partial charge is 0.274 e. The van der Waals surface area contributed by atoms with Gasteiger partial charge in [0.15, 0.2) is 5.69 Å². The van der Waals surface area contributed by atoms with Crippen LogP contribution in [0.25, 0.3) is 0 Å². The summed E-state index contributed by atoms with van der Waals surface area (Å²) in [6, 6.07) is 13.0. The molecule has 138 valence electrons. The zero-order chi connectivity index (χ0) is 18.7. The van der Waals surface area contributed by atoms with Gasteiger partial charge in [0.1, 0.15) is 6.10 Å². The molecule has 0 radical (unpaired) electrons. The van der Waals surface area contributed by atoms with Gasteiger partial charge in [-0.15, -0.1) is 0 Å². The maximum Gasteiger partial charge on any atom is 0.274 e. The predicted octanol–water partition coefficient (Wildman–Crippen LogP) is 4.12. The van der Waals surface area contributed by atoms with E-state index in [0.29, 0.717) is 24.1 Å². The second kappa shape index (κ2) is 8.06. The Morgan fingerprint density at radius 1 is 1.27 bits per heavy atom. The molecule has 6 heteroatoms. The Labute approximate surface area is 158 Å². The third-order valence-electron chi connectivity index (χ3n) is 4.55. The van der Waals surface area contributed by atoms with Gasteiger partial charge in [0.25, 0.3) is 5.91 Å². The number of ether oxygens (including phenoxy) is 2. The van der Waals surface area contributed by atoms with Crippen LogP contribution >= 0.6 is 11.6 Å². The summed E-state index contributed by atoms with van der Waals surface area (Å²) >= 11 is 6.26. The van der Waals surface area contributed by atoms with Gasteiger partial charge in [-0.25, -0.2) is 4.98 Å². The van der Waals surface area contributed by atoms with Gasteiger partial charge in [0.2, 0.25) is 5.88 Å².